The maximum Gasteiger partial charge on any atom is 0.433 e. The van der Waals surface area contributed by atoms with Gasteiger partial charge < -0.3 is 5.32 Å². The summed E-state index contributed by atoms with van der Waals surface area (Å²) in [5.74, 6) is -0.330. The summed E-state index contributed by atoms with van der Waals surface area (Å²) >= 11 is 5.50. The average Bonchev–Trinajstić information content (AvgIpc) is 2.27. The Balaban J connectivity index is 2.73. The van der Waals surface area contributed by atoms with Crippen LogP contribution in [-0.4, -0.2) is 10.9 Å². The summed E-state index contributed by atoms with van der Waals surface area (Å²) in [4.78, 5) is 14.7. The van der Waals surface area contributed by atoms with Crippen LogP contribution in [-0.2, 0) is 11.0 Å². The minimum Gasteiger partial charge on any atom is -0.326 e. The number of nitrogens with zero attached hydrogens (tertiary/aromatic N) is 1. The Morgan fingerprint density at radius 3 is 2.63 bits per heavy atom. The second-order valence-electron chi connectivity index (χ2n) is 4.07. The van der Waals surface area contributed by atoms with Crippen molar-refractivity contribution in [3.05, 3.63) is 23.0 Å². The number of halogens is 4. The second-order valence-corrected chi connectivity index (χ2v) is 4.45. The van der Waals surface area contributed by atoms with Crippen LogP contribution in [0.1, 0.15) is 38.3 Å². The quantitative estimate of drug-likeness (QED) is 0.651. The number of carbonyl (C=O) groups excluding carboxylic acids is 1. The van der Waals surface area contributed by atoms with Gasteiger partial charge in [0.2, 0.25) is 5.91 Å². The fourth-order valence-corrected chi connectivity index (χ4v) is 1.68. The van der Waals surface area contributed by atoms with Crippen LogP contribution in [0.5, 0.6) is 0 Å². The van der Waals surface area contributed by atoms with Crippen molar-refractivity contribution < 1.29 is 18.0 Å². The summed E-state index contributed by atoms with van der Waals surface area (Å²) in [6.07, 6.45) is -1.75. The molecule has 1 heterocycles. The van der Waals surface area contributed by atoms with Gasteiger partial charge in [0.05, 0.1) is 0 Å². The molecule has 0 unspecified atom stereocenters. The third kappa shape index (κ3) is 5.46. The predicted octanol–water partition coefficient (Wildman–Crippen LogP) is 4.27. The molecule has 0 saturated carbocycles. The van der Waals surface area contributed by atoms with Crippen molar-refractivity contribution >= 4 is 23.2 Å². The van der Waals surface area contributed by atoms with E-state index in [1.54, 1.807) is 0 Å². The molecule has 0 bridgehead atoms. The minimum absolute atomic E-state index is 0.00817. The van der Waals surface area contributed by atoms with Crippen LogP contribution in [0.25, 0.3) is 0 Å². The number of pyridine rings is 1. The molecule has 1 aromatic rings. The van der Waals surface area contributed by atoms with Gasteiger partial charge in [-0.05, 0) is 18.6 Å². The molecule has 0 fully saturated rings. The Hall–Kier alpha value is -1.30. The Kier molecular flexibility index (Phi) is 5.60. The van der Waals surface area contributed by atoms with Crippen molar-refractivity contribution in [2.45, 2.75) is 38.8 Å². The highest BCUT2D eigenvalue weighted by molar-refractivity contribution is 6.29. The van der Waals surface area contributed by atoms with Crippen LogP contribution in [0.3, 0.4) is 0 Å². The first-order chi connectivity index (χ1) is 8.82. The summed E-state index contributed by atoms with van der Waals surface area (Å²) in [5.41, 5.74) is -1.11. The first-order valence-electron chi connectivity index (χ1n) is 5.87. The Morgan fingerprint density at radius 2 is 2.05 bits per heavy atom. The molecule has 0 aliphatic rings. The third-order valence-corrected chi connectivity index (χ3v) is 2.57. The number of rotatable bonds is 5. The van der Waals surface area contributed by atoms with Crippen LogP contribution in [0, 0.1) is 0 Å². The van der Waals surface area contributed by atoms with Gasteiger partial charge in [-0.3, -0.25) is 4.79 Å². The molecular formula is C12H14ClF3N2O. The highest BCUT2D eigenvalue weighted by Crippen LogP contribution is 2.30. The zero-order valence-corrected chi connectivity index (χ0v) is 11.1. The van der Waals surface area contributed by atoms with Crippen molar-refractivity contribution in [2.75, 3.05) is 5.32 Å². The summed E-state index contributed by atoms with van der Waals surface area (Å²) in [5, 5.41) is 2.08. The van der Waals surface area contributed by atoms with E-state index in [9.17, 15) is 18.0 Å². The number of amides is 1. The molecule has 19 heavy (non-hydrogen) atoms. The van der Waals surface area contributed by atoms with Crippen molar-refractivity contribution in [1.82, 2.24) is 4.98 Å². The average molecular weight is 295 g/mol. The van der Waals surface area contributed by atoms with E-state index in [1.165, 1.54) is 6.07 Å². The first-order valence-corrected chi connectivity index (χ1v) is 6.25. The molecule has 7 heteroatoms. The molecule has 106 valence electrons. The van der Waals surface area contributed by atoms with E-state index in [0.717, 1.165) is 18.9 Å². The lowest BCUT2D eigenvalue weighted by atomic mass is 10.2. The monoisotopic (exact) mass is 294 g/mol. The van der Waals surface area contributed by atoms with Gasteiger partial charge in [0.15, 0.2) is 0 Å². The lowest BCUT2D eigenvalue weighted by Crippen LogP contribution is -2.14. The van der Waals surface area contributed by atoms with E-state index < -0.39 is 11.9 Å². The van der Waals surface area contributed by atoms with Crippen molar-refractivity contribution in [3.63, 3.8) is 0 Å². The van der Waals surface area contributed by atoms with Gasteiger partial charge in [-0.2, -0.15) is 13.2 Å². The highest BCUT2D eigenvalue weighted by Gasteiger charge is 2.33. The van der Waals surface area contributed by atoms with Crippen molar-refractivity contribution in [3.8, 4) is 0 Å². The number of hydrogen-bond acceptors (Lipinski definition) is 2. The highest BCUT2D eigenvalue weighted by atomic mass is 35.5. The number of unbranched alkanes of at least 4 members (excludes halogenated alkanes) is 2. The van der Waals surface area contributed by atoms with Gasteiger partial charge in [0.25, 0.3) is 0 Å². The maximum atomic E-state index is 12.5. The first kappa shape index (κ1) is 15.8. The van der Waals surface area contributed by atoms with Gasteiger partial charge in [0.1, 0.15) is 10.8 Å². The van der Waals surface area contributed by atoms with Crippen molar-refractivity contribution in [1.29, 1.82) is 0 Å². The molecule has 0 saturated heterocycles. The molecule has 1 N–H and O–H groups in total. The molecule has 0 spiro atoms. The van der Waals surface area contributed by atoms with Crippen LogP contribution < -0.4 is 5.32 Å². The van der Waals surface area contributed by atoms with Crippen LogP contribution >= 0.6 is 11.6 Å². The molecule has 1 rings (SSSR count). The summed E-state index contributed by atoms with van der Waals surface area (Å²) in [6, 6.07) is 1.96. The van der Waals surface area contributed by atoms with E-state index in [1.807, 2.05) is 6.92 Å². The molecule has 0 aliphatic heterocycles. The smallest absolute Gasteiger partial charge is 0.326 e. The second kappa shape index (κ2) is 6.75. The van der Waals surface area contributed by atoms with Gasteiger partial charge in [0, 0.05) is 12.1 Å². The van der Waals surface area contributed by atoms with Gasteiger partial charge >= 0.3 is 6.18 Å². The number of carbonyl (C=O) groups is 1. The zero-order chi connectivity index (χ0) is 14.5. The molecule has 0 aromatic carbocycles. The van der Waals surface area contributed by atoms with Crippen molar-refractivity contribution in [2.24, 2.45) is 0 Å². The Labute approximate surface area is 114 Å². The lowest BCUT2D eigenvalue weighted by Gasteiger charge is -2.10. The number of hydrogen-bond donors (Lipinski definition) is 1. The molecule has 0 atom stereocenters. The molecule has 0 aliphatic carbocycles. The fourth-order valence-electron chi connectivity index (χ4n) is 1.47. The largest absolute Gasteiger partial charge is 0.433 e. The summed E-state index contributed by atoms with van der Waals surface area (Å²) < 4.78 is 37.5. The lowest BCUT2D eigenvalue weighted by molar-refractivity contribution is -0.141. The molecule has 1 aromatic heterocycles. The fraction of sp³-hybridized carbons (Fsp3) is 0.500. The standard InChI is InChI=1S/C12H14ClF3N2O/c1-2-3-4-5-11(19)17-8-6-9(12(14,15)16)18-10(13)7-8/h6-7H,2-5H2,1H3,(H,17,18,19). The maximum absolute atomic E-state index is 12.5. The normalized spacial score (nSPS) is 11.4. The number of aromatic nitrogens is 1. The van der Waals surface area contributed by atoms with Crippen LogP contribution in [0.15, 0.2) is 12.1 Å². The SMILES string of the molecule is CCCCCC(=O)Nc1cc(Cl)nc(C(F)(F)F)c1. The minimum atomic E-state index is -4.59. The van der Waals surface area contributed by atoms with E-state index in [0.29, 0.717) is 6.42 Å². The molecule has 0 radical (unpaired) electrons. The van der Waals surface area contributed by atoms with E-state index in [2.05, 4.69) is 10.3 Å². The van der Waals surface area contributed by atoms with Gasteiger partial charge in [-0.25, -0.2) is 4.98 Å². The zero-order valence-electron chi connectivity index (χ0n) is 10.4. The number of nitrogens with one attached hydrogen (secondary N) is 1. The third-order valence-electron chi connectivity index (χ3n) is 2.38. The number of anilines is 1. The van der Waals surface area contributed by atoms with Gasteiger partial charge in [-0.15, -0.1) is 0 Å². The Morgan fingerprint density at radius 1 is 1.37 bits per heavy atom. The Bertz CT molecular complexity index is 449. The number of alkyl halides is 3. The molecule has 1 amide bonds. The van der Waals surface area contributed by atoms with Crippen LogP contribution in [0.4, 0.5) is 18.9 Å². The summed E-state index contributed by atoms with van der Waals surface area (Å²) in [6.45, 7) is 2.00. The van der Waals surface area contributed by atoms with E-state index in [4.69, 9.17) is 11.6 Å². The topological polar surface area (TPSA) is 42.0 Å². The summed E-state index contributed by atoms with van der Waals surface area (Å²) in [7, 11) is 0. The molecular weight excluding hydrogens is 281 g/mol. The molecule has 3 nitrogen and oxygen atoms in total. The van der Waals surface area contributed by atoms with E-state index >= 15 is 0 Å². The van der Waals surface area contributed by atoms with E-state index in [-0.39, 0.29) is 23.2 Å². The predicted molar refractivity (Wildman–Crippen MR) is 67.0 cm³/mol. The van der Waals surface area contributed by atoms with Crippen LogP contribution in [0.2, 0.25) is 5.15 Å². The van der Waals surface area contributed by atoms with Gasteiger partial charge in [-0.1, -0.05) is 31.4 Å².